The molecule has 0 spiro atoms. The number of carbonyl (C=O) groups excluding carboxylic acids is 2. The highest BCUT2D eigenvalue weighted by atomic mass is 35.5. The first kappa shape index (κ1) is 23.5. The Morgan fingerprint density at radius 2 is 1.78 bits per heavy atom. The van der Waals surface area contributed by atoms with Crippen LogP contribution in [-0.4, -0.2) is 36.5 Å². The number of ether oxygens (including phenoxy) is 2. The fourth-order valence-electron chi connectivity index (χ4n) is 2.52. The molecule has 168 valence electrons. The number of hydrogen-bond donors (Lipinski definition) is 2. The SMILES string of the molecule is O=C(COc1ccc(Cl)cc1)NCCCNC(=O)c1csc(COc2ccccc2F)n1. The molecule has 0 saturated carbocycles. The van der Waals surface area contributed by atoms with Crippen molar-refractivity contribution in [3.8, 4) is 11.5 Å². The number of nitrogens with zero attached hydrogens (tertiary/aromatic N) is 1. The van der Waals surface area contributed by atoms with Crippen LogP contribution in [0.25, 0.3) is 0 Å². The Morgan fingerprint density at radius 3 is 2.56 bits per heavy atom. The quantitative estimate of drug-likeness (QED) is 0.410. The molecule has 0 radical (unpaired) electrons. The number of amides is 2. The van der Waals surface area contributed by atoms with Crippen molar-refractivity contribution < 1.29 is 23.5 Å². The molecule has 0 aliphatic carbocycles. The second-order valence-corrected chi connectivity index (χ2v) is 7.93. The Hall–Kier alpha value is -3.17. The predicted octanol–water partition coefficient (Wildman–Crippen LogP) is 3.83. The van der Waals surface area contributed by atoms with Gasteiger partial charge in [-0.15, -0.1) is 11.3 Å². The lowest BCUT2D eigenvalue weighted by Gasteiger charge is -2.08. The van der Waals surface area contributed by atoms with Gasteiger partial charge in [0.1, 0.15) is 23.1 Å². The van der Waals surface area contributed by atoms with Gasteiger partial charge in [-0.25, -0.2) is 9.37 Å². The molecule has 0 fully saturated rings. The van der Waals surface area contributed by atoms with Crippen LogP contribution in [0.4, 0.5) is 4.39 Å². The number of thiazole rings is 1. The van der Waals surface area contributed by atoms with Gasteiger partial charge in [0.2, 0.25) is 0 Å². The van der Waals surface area contributed by atoms with Crippen LogP contribution in [0.1, 0.15) is 21.9 Å². The van der Waals surface area contributed by atoms with Gasteiger partial charge in [0.05, 0.1) is 0 Å². The number of hydrogen-bond acceptors (Lipinski definition) is 6. The van der Waals surface area contributed by atoms with E-state index < -0.39 is 5.82 Å². The Bertz CT molecular complexity index is 1050. The van der Waals surface area contributed by atoms with Gasteiger partial charge in [-0.3, -0.25) is 9.59 Å². The summed E-state index contributed by atoms with van der Waals surface area (Å²) in [6, 6.07) is 12.8. The van der Waals surface area contributed by atoms with Crippen molar-refractivity contribution in [3.05, 3.63) is 75.5 Å². The molecule has 3 rings (SSSR count). The normalized spacial score (nSPS) is 10.4. The van der Waals surface area contributed by atoms with Gasteiger partial charge < -0.3 is 20.1 Å². The third-order valence-corrected chi connectivity index (χ3v) is 5.19. The topological polar surface area (TPSA) is 89.6 Å². The van der Waals surface area contributed by atoms with Crippen LogP contribution in [0.5, 0.6) is 11.5 Å². The maximum atomic E-state index is 13.6. The molecule has 1 aromatic heterocycles. The lowest BCUT2D eigenvalue weighted by atomic mass is 10.3. The molecule has 0 aliphatic rings. The van der Waals surface area contributed by atoms with Gasteiger partial charge in [0, 0.05) is 23.5 Å². The summed E-state index contributed by atoms with van der Waals surface area (Å²) in [5, 5.41) is 8.23. The summed E-state index contributed by atoms with van der Waals surface area (Å²) in [6.07, 6.45) is 0.547. The summed E-state index contributed by atoms with van der Waals surface area (Å²) in [5.74, 6) is -0.347. The van der Waals surface area contributed by atoms with E-state index in [-0.39, 0.29) is 36.5 Å². The van der Waals surface area contributed by atoms with Gasteiger partial charge in [-0.05, 0) is 42.8 Å². The monoisotopic (exact) mass is 477 g/mol. The van der Waals surface area contributed by atoms with Crippen LogP contribution in [0, 0.1) is 5.82 Å². The lowest BCUT2D eigenvalue weighted by molar-refractivity contribution is -0.123. The smallest absolute Gasteiger partial charge is 0.270 e. The first-order valence-electron chi connectivity index (χ1n) is 9.76. The second kappa shape index (κ2) is 12.0. The summed E-state index contributed by atoms with van der Waals surface area (Å²) in [7, 11) is 0. The van der Waals surface area contributed by atoms with Crippen molar-refractivity contribution in [3.63, 3.8) is 0 Å². The maximum absolute atomic E-state index is 13.6. The molecule has 2 aromatic carbocycles. The fourth-order valence-corrected chi connectivity index (χ4v) is 3.33. The van der Waals surface area contributed by atoms with Crippen molar-refractivity contribution >= 4 is 34.8 Å². The highest BCUT2D eigenvalue weighted by molar-refractivity contribution is 7.09. The largest absolute Gasteiger partial charge is 0.484 e. The number of nitrogens with one attached hydrogen (secondary N) is 2. The van der Waals surface area contributed by atoms with E-state index in [0.717, 1.165) is 0 Å². The highest BCUT2D eigenvalue weighted by Gasteiger charge is 2.11. The average Bonchev–Trinajstić information content (AvgIpc) is 3.27. The van der Waals surface area contributed by atoms with Crippen LogP contribution in [0.15, 0.2) is 53.9 Å². The van der Waals surface area contributed by atoms with E-state index in [1.54, 1.807) is 41.8 Å². The fraction of sp³-hybridized carbons (Fsp3) is 0.227. The molecule has 2 N–H and O–H groups in total. The molecule has 0 bridgehead atoms. The number of para-hydroxylation sites is 1. The minimum atomic E-state index is -0.453. The van der Waals surface area contributed by atoms with Crippen molar-refractivity contribution in [2.24, 2.45) is 0 Å². The van der Waals surface area contributed by atoms with Gasteiger partial charge >= 0.3 is 0 Å². The molecule has 0 aliphatic heterocycles. The molecule has 1 heterocycles. The number of benzene rings is 2. The first-order valence-corrected chi connectivity index (χ1v) is 11.0. The van der Waals surface area contributed by atoms with Crippen LogP contribution in [0.3, 0.4) is 0 Å². The molecule has 10 heteroatoms. The summed E-state index contributed by atoms with van der Waals surface area (Å²) in [5.41, 5.74) is 0.266. The third-order valence-electron chi connectivity index (χ3n) is 4.12. The first-order chi connectivity index (χ1) is 15.5. The van der Waals surface area contributed by atoms with E-state index in [2.05, 4.69) is 15.6 Å². The number of rotatable bonds is 11. The van der Waals surface area contributed by atoms with Crippen molar-refractivity contribution in [1.29, 1.82) is 0 Å². The molecular weight excluding hydrogens is 457 g/mol. The molecule has 0 unspecified atom stereocenters. The van der Waals surface area contributed by atoms with Crippen LogP contribution >= 0.6 is 22.9 Å². The second-order valence-electron chi connectivity index (χ2n) is 6.55. The van der Waals surface area contributed by atoms with Gasteiger partial charge in [-0.1, -0.05) is 23.7 Å². The maximum Gasteiger partial charge on any atom is 0.270 e. The van der Waals surface area contributed by atoms with Gasteiger partial charge in [-0.2, -0.15) is 0 Å². The number of halogens is 2. The van der Waals surface area contributed by atoms with E-state index in [0.29, 0.717) is 35.3 Å². The zero-order valence-electron chi connectivity index (χ0n) is 17.0. The lowest BCUT2D eigenvalue weighted by Crippen LogP contribution is -2.32. The molecule has 0 atom stereocenters. The summed E-state index contributed by atoms with van der Waals surface area (Å²) in [6.45, 7) is 0.727. The Kier molecular flexibility index (Phi) is 8.82. The predicted molar refractivity (Wildman–Crippen MR) is 120 cm³/mol. The Labute approximate surface area is 193 Å². The molecular formula is C22H21ClFN3O4S. The van der Waals surface area contributed by atoms with E-state index in [1.807, 2.05) is 0 Å². The highest BCUT2D eigenvalue weighted by Crippen LogP contribution is 2.19. The van der Waals surface area contributed by atoms with E-state index in [9.17, 15) is 14.0 Å². The van der Waals surface area contributed by atoms with E-state index >= 15 is 0 Å². The van der Waals surface area contributed by atoms with E-state index in [1.165, 1.54) is 23.5 Å². The van der Waals surface area contributed by atoms with Crippen molar-refractivity contribution in [2.45, 2.75) is 13.0 Å². The average molecular weight is 478 g/mol. The zero-order chi connectivity index (χ0) is 22.8. The van der Waals surface area contributed by atoms with Crippen LogP contribution < -0.4 is 20.1 Å². The van der Waals surface area contributed by atoms with Crippen LogP contribution in [-0.2, 0) is 11.4 Å². The Morgan fingerprint density at radius 1 is 1.03 bits per heavy atom. The molecule has 7 nitrogen and oxygen atoms in total. The van der Waals surface area contributed by atoms with Gasteiger partial charge in [0.15, 0.2) is 18.2 Å². The minimum Gasteiger partial charge on any atom is -0.484 e. The third kappa shape index (κ3) is 7.51. The molecule has 32 heavy (non-hydrogen) atoms. The summed E-state index contributed by atoms with van der Waals surface area (Å²) in [4.78, 5) is 28.2. The van der Waals surface area contributed by atoms with Crippen molar-refractivity contribution in [2.75, 3.05) is 19.7 Å². The minimum absolute atomic E-state index is 0.0724. The standard InChI is InChI=1S/C22H21ClFN3O4S/c23-15-6-8-16(9-7-15)30-12-20(28)25-10-3-11-26-22(29)18-14-32-21(27-18)13-31-19-5-2-1-4-17(19)24/h1-2,4-9,14H,3,10-13H2,(H,25,28)(H,26,29). The van der Waals surface area contributed by atoms with E-state index in [4.69, 9.17) is 21.1 Å². The number of carbonyl (C=O) groups is 2. The number of aromatic nitrogens is 1. The van der Waals surface area contributed by atoms with Gasteiger partial charge in [0.25, 0.3) is 11.8 Å². The van der Waals surface area contributed by atoms with Crippen molar-refractivity contribution in [1.82, 2.24) is 15.6 Å². The zero-order valence-corrected chi connectivity index (χ0v) is 18.5. The Balaban J connectivity index is 1.30. The molecule has 3 aromatic rings. The van der Waals surface area contributed by atoms with Crippen LogP contribution in [0.2, 0.25) is 5.02 Å². The molecule has 0 saturated heterocycles. The molecule has 2 amide bonds. The summed E-state index contributed by atoms with van der Waals surface area (Å²) < 4.78 is 24.3. The summed E-state index contributed by atoms with van der Waals surface area (Å²) >= 11 is 7.05.